The van der Waals surface area contributed by atoms with Crippen LogP contribution in [0.5, 0.6) is 0 Å². The number of imidazole rings is 1. The van der Waals surface area contributed by atoms with E-state index in [0.29, 0.717) is 16.6 Å². The number of hydrogen-bond acceptors (Lipinski definition) is 5. The normalized spacial score (nSPS) is 16.0. The van der Waals surface area contributed by atoms with Gasteiger partial charge in [0.05, 0.1) is 16.5 Å². The van der Waals surface area contributed by atoms with Crippen LogP contribution in [-0.2, 0) is 4.79 Å². The van der Waals surface area contributed by atoms with Crippen LogP contribution in [0.3, 0.4) is 0 Å². The van der Waals surface area contributed by atoms with E-state index in [1.54, 1.807) is 11.4 Å². The predicted octanol–water partition coefficient (Wildman–Crippen LogP) is 3.89. The zero-order valence-electron chi connectivity index (χ0n) is 15.2. The van der Waals surface area contributed by atoms with Gasteiger partial charge in [-0.25, -0.2) is 4.98 Å². The second kappa shape index (κ2) is 7.84. The standard InChI is InChI=1S/C18H24N4O2S2/c1-10-11(2)22(13-6-4-5-7-13)18(20-10)26-12(3)16(24)21-17-14(15(19)23)8-9-25-17/h8-9,12-13H,4-7H2,1-3H3,(H2,19,23)(H,21,24). The van der Waals surface area contributed by atoms with Crippen LogP contribution >= 0.6 is 23.1 Å². The summed E-state index contributed by atoms with van der Waals surface area (Å²) in [6, 6.07) is 2.10. The highest BCUT2D eigenvalue weighted by atomic mass is 32.2. The van der Waals surface area contributed by atoms with Gasteiger partial charge in [0.1, 0.15) is 5.00 Å². The summed E-state index contributed by atoms with van der Waals surface area (Å²) in [5.74, 6) is -0.693. The molecular weight excluding hydrogens is 368 g/mol. The van der Waals surface area contributed by atoms with E-state index in [1.807, 2.05) is 13.8 Å². The average molecular weight is 393 g/mol. The summed E-state index contributed by atoms with van der Waals surface area (Å²) in [6.07, 6.45) is 4.83. The van der Waals surface area contributed by atoms with Crippen molar-refractivity contribution < 1.29 is 9.59 Å². The SMILES string of the molecule is Cc1nc(SC(C)C(=O)Nc2sccc2C(N)=O)n(C2CCCC2)c1C. The molecule has 1 fully saturated rings. The topological polar surface area (TPSA) is 90.0 Å². The van der Waals surface area contributed by atoms with Crippen LogP contribution in [0.15, 0.2) is 16.6 Å². The Hall–Kier alpha value is -1.80. The van der Waals surface area contributed by atoms with Gasteiger partial charge in [0.25, 0.3) is 5.91 Å². The first-order chi connectivity index (χ1) is 12.4. The van der Waals surface area contributed by atoms with Crippen molar-refractivity contribution in [3.8, 4) is 0 Å². The van der Waals surface area contributed by atoms with Crippen LogP contribution in [0.25, 0.3) is 0 Å². The molecule has 140 valence electrons. The van der Waals surface area contributed by atoms with Gasteiger partial charge in [-0.2, -0.15) is 0 Å². The molecule has 1 aliphatic rings. The number of aromatic nitrogens is 2. The lowest BCUT2D eigenvalue weighted by Crippen LogP contribution is -2.24. The first-order valence-electron chi connectivity index (χ1n) is 8.78. The number of amides is 2. The second-order valence-corrected chi connectivity index (χ2v) is 8.87. The molecule has 0 saturated heterocycles. The van der Waals surface area contributed by atoms with Gasteiger partial charge in [-0.3, -0.25) is 9.59 Å². The van der Waals surface area contributed by atoms with E-state index in [1.165, 1.54) is 54.5 Å². The predicted molar refractivity (Wildman–Crippen MR) is 106 cm³/mol. The molecule has 3 N–H and O–H groups in total. The molecule has 0 bridgehead atoms. The largest absolute Gasteiger partial charge is 0.366 e. The summed E-state index contributed by atoms with van der Waals surface area (Å²) in [6.45, 7) is 5.97. The Balaban J connectivity index is 1.74. The van der Waals surface area contributed by atoms with Crippen LogP contribution in [0, 0.1) is 13.8 Å². The number of nitrogens with zero attached hydrogens (tertiary/aromatic N) is 2. The molecule has 0 spiro atoms. The third-order valence-corrected chi connectivity index (χ3v) is 6.76. The molecule has 3 rings (SSSR count). The van der Waals surface area contributed by atoms with Crippen LogP contribution in [-0.4, -0.2) is 26.6 Å². The zero-order chi connectivity index (χ0) is 18.8. The van der Waals surface area contributed by atoms with Gasteiger partial charge >= 0.3 is 0 Å². The van der Waals surface area contributed by atoms with E-state index in [2.05, 4.69) is 16.8 Å². The number of nitrogens with one attached hydrogen (secondary N) is 1. The maximum Gasteiger partial charge on any atom is 0.251 e. The second-order valence-electron chi connectivity index (χ2n) is 6.65. The molecule has 2 heterocycles. The quantitative estimate of drug-likeness (QED) is 0.730. The highest BCUT2D eigenvalue weighted by Crippen LogP contribution is 2.36. The van der Waals surface area contributed by atoms with Gasteiger partial charge in [0.15, 0.2) is 5.16 Å². The molecular formula is C18H24N4O2S2. The lowest BCUT2D eigenvalue weighted by atomic mass is 10.2. The lowest BCUT2D eigenvalue weighted by Gasteiger charge is -2.18. The molecule has 0 aliphatic heterocycles. The van der Waals surface area contributed by atoms with Crippen molar-refractivity contribution in [3.05, 3.63) is 28.4 Å². The summed E-state index contributed by atoms with van der Waals surface area (Å²) < 4.78 is 2.30. The molecule has 2 amide bonds. The van der Waals surface area contributed by atoms with Crippen molar-refractivity contribution in [2.45, 2.75) is 62.9 Å². The molecule has 1 atom stereocenters. The molecule has 8 heteroatoms. The highest BCUT2D eigenvalue weighted by molar-refractivity contribution is 8.00. The van der Waals surface area contributed by atoms with E-state index >= 15 is 0 Å². The van der Waals surface area contributed by atoms with Crippen molar-refractivity contribution in [3.63, 3.8) is 0 Å². The van der Waals surface area contributed by atoms with Crippen molar-refractivity contribution in [1.82, 2.24) is 9.55 Å². The van der Waals surface area contributed by atoms with Crippen LogP contribution in [0.1, 0.15) is 60.4 Å². The van der Waals surface area contributed by atoms with Crippen LogP contribution < -0.4 is 11.1 Å². The van der Waals surface area contributed by atoms with Gasteiger partial charge < -0.3 is 15.6 Å². The van der Waals surface area contributed by atoms with Crippen LogP contribution in [0.2, 0.25) is 0 Å². The summed E-state index contributed by atoms with van der Waals surface area (Å²) >= 11 is 2.76. The first kappa shape index (κ1) is 19.0. The zero-order valence-corrected chi connectivity index (χ0v) is 16.9. The minimum absolute atomic E-state index is 0.156. The summed E-state index contributed by atoms with van der Waals surface area (Å²) in [7, 11) is 0. The monoisotopic (exact) mass is 392 g/mol. The number of carbonyl (C=O) groups excluding carboxylic acids is 2. The molecule has 1 aliphatic carbocycles. The third kappa shape index (κ3) is 3.81. The number of rotatable bonds is 6. The van der Waals surface area contributed by atoms with E-state index in [-0.39, 0.29) is 11.2 Å². The molecule has 6 nitrogen and oxygen atoms in total. The third-order valence-electron chi connectivity index (χ3n) is 4.86. The lowest BCUT2D eigenvalue weighted by molar-refractivity contribution is -0.115. The molecule has 2 aromatic rings. The summed E-state index contributed by atoms with van der Waals surface area (Å²) in [4.78, 5) is 28.7. The Morgan fingerprint density at radius 3 is 2.73 bits per heavy atom. The molecule has 2 aromatic heterocycles. The van der Waals surface area contributed by atoms with Crippen molar-refractivity contribution in [2.75, 3.05) is 5.32 Å². The number of primary amides is 1. The van der Waals surface area contributed by atoms with E-state index in [0.717, 1.165) is 10.9 Å². The Kier molecular flexibility index (Phi) is 5.72. The fraction of sp³-hybridized carbons (Fsp3) is 0.500. The van der Waals surface area contributed by atoms with Gasteiger partial charge in [0.2, 0.25) is 5.91 Å². The average Bonchev–Trinajstić information content (AvgIpc) is 3.30. The van der Waals surface area contributed by atoms with Gasteiger partial charge in [0, 0.05) is 11.7 Å². The number of thioether (sulfide) groups is 1. The van der Waals surface area contributed by atoms with Gasteiger partial charge in [-0.1, -0.05) is 24.6 Å². The van der Waals surface area contributed by atoms with Crippen molar-refractivity contribution >= 4 is 39.9 Å². The van der Waals surface area contributed by atoms with Gasteiger partial charge in [-0.05, 0) is 45.1 Å². The number of aryl methyl sites for hydroxylation is 1. The maximum atomic E-state index is 12.6. The van der Waals surface area contributed by atoms with Gasteiger partial charge in [-0.15, -0.1) is 11.3 Å². The van der Waals surface area contributed by atoms with E-state index in [9.17, 15) is 9.59 Å². The number of carbonyl (C=O) groups is 2. The fourth-order valence-electron chi connectivity index (χ4n) is 3.30. The Morgan fingerprint density at radius 1 is 1.38 bits per heavy atom. The van der Waals surface area contributed by atoms with Crippen molar-refractivity contribution in [2.24, 2.45) is 5.73 Å². The molecule has 0 aromatic carbocycles. The van der Waals surface area contributed by atoms with Crippen LogP contribution in [0.4, 0.5) is 5.00 Å². The number of hydrogen-bond donors (Lipinski definition) is 2. The minimum Gasteiger partial charge on any atom is -0.366 e. The maximum absolute atomic E-state index is 12.6. The minimum atomic E-state index is -0.537. The number of thiophene rings is 1. The first-order valence-corrected chi connectivity index (χ1v) is 10.5. The molecule has 1 unspecified atom stereocenters. The summed E-state index contributed by atoms with van der Waals surface area (Å²) in [5.41, 5.74) is 7.89. The Bertz CT molecular complexity index is 821. The Labute approximate surface area is 161 Å². The van der Waals surface area contributed by atoms with E-state index < -0.39 is 5.91 Å². The highest BCUT2D eigenvalue weighted by Gasteiger charge is 2.26. The molecule has 1 saturated carbocycles. The summed E-state index contributed by atoms with van der Waals surface area (Å²) in [5, 5.41) is 5.63. The van der Waals surface area contributed by atoms with E-state index in [4.69, 9.17) is 10.7 Å². The molecule has 26 heavy (non-hydrogen) atoms. The smallest absolute Gasteiger partial charge is 0.251 e. The fourth-order valence-corrected chi connectivity index (χ4v) is 5.16. The number of nitrogens with two attached hydrogens (primary N) is 1. The number of anilines is 1. The Morgan fingerprint density at radius 2 is 2.08 bits per heavy atom. The van der Waals surface area contributed by atoms with Crippen molar-refractivity contribution in [1.29, 1.82) is 0 Å². The molecule has 0 radical (unpaired) electrons.